The molecule has 1 aliphatic heterocycles. The van der Waals surface area contributed by atoms with Crippen LogP contribution in [0.15, 0.2) is 29.9 Å². The summed E-state index contributed by atoms with van der Waals surface area (Å²) in [6.07, 6.45) is 2.56. The second kappa shape index (κ2) is 9.08. The highest BCUT2D eigenvalue weighted by atomic mass is 32.1. The van der Waals surface area contributed by atoms with Gasteiger partial charge in [0.25, 0.3) is 5.91 Å². The number of carbonyl (C=O) groups is 1. The van der Waals surface area contributed by atoms with Gasteiger partial charge in [0.2, 0.25) is 5.88 Å². The Bertz CT molecular complexity index is 1060. The van der Waals surface area contributed by atoms with E-state index in [1.54, 1.807) is 35.6 Å². The summed E-state index contributed by atoms with van der Waals surface area (Å²) in [6.45, 7) is -0.0905. The SMILES string of the molecule is COc1ncccc1-c1nc(C(=O)Nc2cnn(C)c2[C@@H]2CC[C@@H](N)[C@H](F)CO2)cs1. The Kier molecular flexibility index (Phi) is 6.25. The first-order chi connectivity index (χ1) is 15.0. The van der Waals surface area contributed by atoms with Gasteiger partial charge >= 0.3 is 0 Å². The zero-order valence-corrected chi connectivity index (χ0v) is 17.9. The summed E-state index contributed by atoms with van der Waals surface area (Å²) in [5.74, 6) is 0.0570. The zero-order valence-electron chi connectivity index (χ0n) is 17.1. The van der Waals surface area contributed by atoms with Gasteiger partial charge < -0.3 is 20.5 Å². The minimum atomic E-state index is -1.21. The van der Waals surface area contributed by atoms with E-state index >= 15 is 0 Å². The van der Waals surface area contributed by atoms with Gasteiger partial charge in [-0.3, -0.25) is 9.48 Å². The summed E-state index contributed by atoms with van der Waals surface area (Å²) in [4.78, 5) is 21.5. The van der Waals surface area contributed by atoms with E-state index in [-0.39, 0.29) is 18.2 Å². The molecule has 9 nitrogen and oxygen atoms in total. The van der Waals surface area contributed by atoms with Crippen LogP contribution in [0.3, 0.4) is 0 Å². The van der Waals surface area contributed by atoms with Gasteiger partial charge in [-0.05, 0) is 25.0 Å². The predicted octanol–water partition coefficient (Wildman–Crippen LogP) is 2.72. The number of pyridine rings is 1. The van der Waals surface area contributed by atoms with Crippen molar-refractivity contribution in [3.05, 3.63) is 41.3 Å². The molecule has 3 aromatic rings. The Morgan fingerprint density at radius 3 is 3.10 bits per heavy atom. The molecule has 3 atom stereocenters. The molecule has 3 aromatic heterocycles. The molecule has 0 radical (unpaired) electrons. The Morgan fingerprint density at radius 2 is 2.29 bits per heavy atom. The molecule has 1 amide bonds. The summed E-state index contributed by atoms with van der Waals surface area (Å²) < 4.78 is 26.5. The largest absolute Gasteiger partial charge is 0.480 e. The number of nitrogens with two attached hydrogens (primary N) is 1. The molecule has 1 aliphatic rings. The van der Waals surface area contributed by atoms with Gasteiger partial charge in [-0.2, -0.15) is 5.10 Å². The van der Waals surface area contributed by atoms with E-state index in [1.807, 2.05) is 6.07 Å². The Labute approximate surface area is 182 Å². The monoisotopic (exact) mass is 446 g/mol. The number of nitrogens with zero attached hydrogens (tertiary/aromatic N) is 4. The smallest absolute Gasteiger partial charge is 0.275 e. The van der Waals surface area contributed by atoms with Crippen molar-refractivity contribution in [3.63, 3.8) is 0 Å². The van der Waals surface area contributed by atoms with Gasteiger partial charge in [-0.25, -0.2) is 14.4 Å². The summed E-state index contributed by atoms with van der Waals surface area (Å²) in [7, 11) is 3.28. The minimum absolute atomic E-state index is 0.0905. The Balaban J connectivity index is 1.53. The normalized spacial score (nSPS) is 21.5. The Hall–Kier alpha value is -2.89. The number of alkyl halides is 1. The summed E-state index contributed by atoms with van der Waals surface area (Å²) in [6, 6.07) is 3.05. The fourth-order valence-corrected chi connectivity index (χ4v) is 4.30. The van der Waals surface area contributed by atoms with Crippen molar-refractivity contribution in [1.29, 1.82) is 0 Å². The maximum Gasteiger partial charge on any atom is 0.275 e. The van der Waals surface area contributed by atoms with Crippen molar-refractivity contribution < 1.29 is 18.7 Å². The molecule has 0 bridgehead atoms. The molecule has 4 heterocycles. The van der Waals surface area contributed by atoms with Crippen LogP contribution < -0.4 is 15.8 Å². The summed E-state index contributed by atoms with van der Waals surface area (Å²) in [5, 5.41) is 9.38. The third kappa shape index (κ3) is 4.43. The van der Waals surface area contributed by atoms with Gasteiger partial charge in [-0.15, -0.1) is 11.3 Å². The average Bonchev–Trinajstić information content (AvgIpc) is 3.37. The standard InChI is InChI=1S/C20H23FN6O3S/c1-27-17(16-6-5-13(22)12(21)9-30-16)14(8-24-27)25-18(28)15-10-31-20(26-15)11-4-3-7-23-19(11)29-2/h3-4,7-8,10,12-13,16H,5-6,9,22H2,1-2H3,(H,25,28)/t12-,13-,16+/m1/s1. The summed E-state index contributed by atoms with van der Waals surface area (Å²) >= 11 is 1.32. The number of halogens is 1. The van der Waals surface area contributed by atoms with E-state index in [4.69, 9.17) is 15.2 Å². The van der Waals surface area contributed by atoms with Crippen LogP contribution in [0.25, 0.3) is 10.6 Å². The molecule has 0 spiro atoms. The topological polar surface area (TPSA) is 117 Å². The van der Waals surface area contributed by atoms with Gasteiger partial charge in [0.15, 0.2) is 0 Å². The van der Waals surface area contributed by atoms with Crippen molar-refractivity contribution in [2.24, 2.45) is 12.8 Å². The average molecular weight is 447 g/mol. The van der Waals surface area contributed by atoms with E-state index in [0.717, 1.165) is 0 Å². The number of aryl methyl sites for hydroxylation is 1. The van der Waals surface area contributed by atoms with Crippen molar-refractivity contribution in [2.75, 3.05) is 19.0 Å². The van der Waals surface area contributed by atoms with Crippen LogP contribution in [0, 0.1) is 0 Å². The minimum Gasteiger partial charge on any atom is -0.480 e. The fraction of sp³-hybridized carbons (Fsp3) is 0.400. The van der Waals surface area contributed by atoms with Crippen LogP contribution in [-0.2, 0) is 11.8 Å². The first-order valence-corrected chi connectivity index (χ1v) is 10.6. The second-order valence-corrected chi connectivity index (χ2v) is 8.06. The lowest BCUT2D eigenvalue weighted by Crippen LogP contribution is -2.32. The molecule has 164 valence electrons. The quantitative estimate of drug-likeness (QED) is 0.619. The van der Waals surface area contributed by atoms with E-state index in [2.05, 4.69) is 20.4 Å². The lowest BCUT2D eigenvalue weighted by atomic mass is 10.0. The molecule has 0 unspecified atom stereocenters. The van der Waals surface area contributed by atoms with Gasteiger partial charge in [0, 0.05) is 24.7 Å². The van der Waals surface area contributed by atoms with Crippen LogP contribution >= 0.6 is 11.3 Å². The number of methoxy groups -OCH3 is 1. The lowest BCUT2D eigenvalue weighted by Gasteiger charge is -2.17. The number of amides is 1. The molecule has 0 aromatic carbocycles. The number of ether oxygens (including phenoxy) is 2. The predicted molar refractivity (Wildman–Crippen MR) is 114 cm³/mol. The summed E-state index contributed by atoms with van der Waals surface area (Å²) in [5.41, 5.74) is 7.96. The highest BCUT2D eigenvalue weighted by Crippen LogP contribution is 2.33. The van der Waals surface area contributed by atoms with Gasteiger partial charge in [0.1, 0.15) is 23.0 Å². The third-order valence-corrected chi connectivity index (χ3v) is 6.03. The molecule has 4 rings (SSSR count). The molecule has 0 aliphatic carbocycles. The molecule has 1 fully saturated rings. The van der Waals surface area contributed by atoms with Crippen molar-refractivity contribution >= 4 is 22.9 Å². The van der Waals surface area contributed by atoms with E-state index in [9.17, 15) is 9.18 Å². The maximum atomic E-state index is 13.9. The number of aromatic nitrogens is 4. The van der Waals surface area contributed by atoms with Gasteiger partial charge in [0.05, 0.1) is 36.9 Å². The fourth-order valence-electron chi connectivity index (χ4n) is 3.48. The third-order valence-electron chi connectivity index (χ3n) is 5.15. The number of hydrogen-bond acceptors (Lipinski definition) is 8. The van der Waals surface area contributed by atoms with Crippen LogP contribution in [-0.4, -0.2) is 51.6 Å². The lowest BCUT2D eigenvalue weighted by molar-refractivity contribution is 0.0247. The number of hydrogen-bond donors (Lipinski definition) is 2. The van der Waals surface area contributed by atoms with Gasteiger partial charge in [-0.1, -0.05) is 0 Å². The van der Waals surface area contributed by atoms with E-state index in [1.165, 1.54) is 18.4 Å². The highest BCUT2D eigenvalue weighted by molar-refractivity contribution is 7.13. The van der Waals surface area contributed by atoms with Crippen LogP contribution in [0.2, 0.25) is 0 Å². The zero-order chi connectivity index (χ0) is 22.0. The van der Waals surface area contributed by atoms with Crippen molar-refractivity contribution in [2.45, 2.75) is 31.2 Å². The number of nitrogens with one attached hydrogen (secondary N) is 1. The molecule has 1 saturated heterocycles. The van der Waals surface area contributed by atoms with E-state index in [0.29, 0.717) is 40.7 Å². The second-order valence-electron chi connectivity index (χ2n) is 7.20. The molecular weight excluding hydrogens is 423 g/mol. The maximum absolute atomic E-state index is 13.9. The highest BCUT2D eigenvalue weighted by Gasteiger charge is 2.30. The molecule has 11 heteroatoms. The van der Waals surface area contributed by atoms with E-state index < -0.39 is 18.3 Å². The number of rotatable bonds is 5. The van der Waals surface area contributed by atoms with Crippen LogP contribution in [0.5, 0.6) is 5.88 Å². The Morgan fingerprint density at radius 1 is 1.45 bits per heavy atom. The molecule has 0 saturated carbocycles. The van der Waals surface area contributed by atoms with Crippen LogP contribution in [0.4, 0.5) is 10.1 Å². The number of anilines is 1. The molecular formula is C20H23FN6O3S. The van der Waals surface area contributed by atoms with Crippen molar-refractivity contribution in [1.82, 2.24) is 19.7 Å². The first-order valence-electron chi connectivity index (χ1n) is 9.77. The van der Waals surface area contributed by atoms with Crippen molar-refractivity contribution in [3.8, 4) is 16.5 Å². The molecule has 3 N–H and O–H groups in total. The number of thiazole rings is 1. The van der Waals surface area contributed by atoms with Crippen LogP contribution in [0.1, 0.15) is 35.1 Å². The number of carbonyl (C=O) groups excluding carboxylic acids is 1. The first kappa shape index (κ1) is 21.3. The molecule has 31 heavy (non-hydrogen) atoms.